The summed E-state index contributed by atoms with van der Waals surface area (Å²) in [5, 5.41) is 12.6. The molecular formula is C82H107N27. The molecule has 27 nitrogen and oxygen atoms in total. The van der Waals surface area contributed by atoms with Crippen LogP contribution in [0.25, 0.3) is 40.7 Å². The van der Waals surface area contributed by atoms with Gasteiger partial charge in [0.1, 0.15) is 18.5 Å². The van der Waals surface area contributed by atoms with E-state index in [1.165, 1.54) is 0 Å². The second-order valence-electron chi connectivity index (χ2n) is 33.2. The Bertz CT molecular complexity index is 4530. The van der Waals surface area contributed by atoms with Crippen LogP contribution in [0.5, 0.6) is 0 Å². The smallest absolute Gasteiger partial charge is 0.171 e. The van der Waals surface area contributed by atoms with Gasteiger partial charge >= 0.3 is 0 Å². The number of hydrogen-bond acceptors (Lipinski definition) is 20. The summed E-state index contributed by atoms with van der Waals surface area (Å²) in [6.07, 6.45) is 50.8. The molecule has 0 radical (unpaired) electrons. The molecule has 0 aliphatic rings. The highest BCUT2D eigenvalue weighted by Crippen LogP contribution is 2.25. The molecule has 0 fully saturated rings. The van der Waals surface area contributed by atoms with Gasteiger partial charge in [-0.25, -0.2) is 63.9 Å². The molecule has 14 rings (SSSR count). The fraction of sp³-hybridized carbons (Fsp3) is 0.390. The molecule has 0 aromatic carbocycles. The number of aromatic nitrogens is 27. The molecule has 0 unspecified atom stereocenters. The number of rotatable bonds is 7. The Morgan fingerprint density at radius 3 is 0.945 bits per heavy atom. The van der Waals surface area contributed by atoms with Crippen LogP contribution < -0.4 is 0 Å². The highest BCUT2D eigenvalue weighted by molar-refractivity contribution is 5.28. The van der Waals surface area contributed by atoms with Crippen LogP contribution in [0.4, 0.5) is 0 Å². The van der Waals surface area contributed by atoms with E-state index in [0.717, 1.165) is 103 Å². The van der Waals surface area contributed by atoms with Gasteiger partial charge in [-0.05, 0) is 57.5 Å². The predicted molar refractivity (Wildman–Crippen MR) is 426 cm³/mol. The van der Waals surface area contributed by atoms with Crippen molar-refractivity contribution in [1.82, 2.24) is 132 Å². The van der Waals surface area contributed by atoms with Gasteiger partial charge in [-0.1, -0.05) is 145 Å². The van der Waals surface area contributed by atoms with Crippen LogP contribution in [0.3, 0.4) is 0 Å². The van der Waals surface area contributed by atoms with E-state index in [2.05, 4.69) is 245 Å². The summed E-state index contributed by atoms with van der Waals surface area (Å²) >= 11 is 0. The van der Waals surface area contributed by atoms with Gasteiger partial charge in [0.2, 0.25) is 0 Å². The van der Waals surface area contributed by atoms with Gasteiger partial charge in [0.25, 0.3) is 0 Å². The lowest BCUT2D eigenvalue weighted by Crippen LogP contribution is -2.14. The van der Waals surface area contributed by atoms with Gasteiger partial charge in [-0.2, -0.15) is 15.3 Å². The third-order valence-corrected chi connectivity index (χ3v) is 16.2. The minimum atomic E-state index is 0.0333. The van der Waals surface area contributed by atoms with E-state index >= 15 is 0 Å². The fourth-order valence-electron chi connectivity index (χ4n) is 9.37. The average Bonchev–Trinajstić information content (AvgIpc) is 1.83. The molecule has 109 heavy (non-hydrogen) atoms. The van der Waals surface area contributed by atoms with E-state index in [1.54, 1.807) is 101 Å². The molecule has 0 aliphatic carbocycles. The molecular weight excluding hydrogens is 1360 g/mol. The maximum absolute atomic E-state index is 4.44. The van der Waals surface area contributed by atoms with Crippen LogP contribution in [0.2, 0.25) is 0 Å². The number of aryl methyl sites for hydroxylation is 4. The molecule has 570 valence electrons. The molecule has 14 aromatic rings. The highest BCUT2D eigenvalue weighted by Gasteiger charge is 2.22. The van der Waals surface area contributed by atoms with Gasteiger partial charge in [0.15, 0.2) is 40.7 Å². The third-order valence-electron chi connectivity index (χ3n) is 16.2. The van der Waals surface area contributed by atoms with Gasteiger partial charge in [-0.3, -0.25) is 48.6 Å². The molecule has 0 spiro atoms. The average molecular weight is 1470 g/mol. The molecule has 0 aliphatic heterocycles. The Morgan fingerprint density at radius 1 is 0.257 bits per heavy atom. The molecule has 0 bridgehead atoms. The Kier molecular flexibility index (Phi) is 26.7. The lowest BCUT2D eigenvalue weighted by atomic mass is 9.93. The van der Waals surface area contributed by atoms with E-state index in [-0.39, 0.29) is 37.9 Å². The number of hydrogen-bond donors (Lipinski definition) is 0. The Balaban J connectivity index is 0.000000160. The van der Waals surface area contributed by atoms with Crippen molar-refractivity contribution >= 4 is 0 Å². The summed E-state index contributed by atoms with van der Waals surface area (Å²) in [6.45, 7) is 52.4. The molecule has 27 heteroatoms. The normalized spacial score (nSPS) is 11.7. The van der Waals surface area contributed by atoms with Crippen molar-refractivity contribution in [3.63, 3.8) is 0 Å². The van der Waals surface area contributed by atoms with E-state index in [1.807, 2.05) is 157 Å². The predicted octanol–water partition coefficient (Wildman–Crippen LogP) is 15.6. The maximum Gasteiger partial charge on any atom is 0.171 e. The monoisotopic (exact) mass is 1470 g/mol. The standard InChI is InChI=1S/4C12H16N4.C12H15N3.2C11H14N4/c1-9-7-16(8-15-9)11-6-13-10(5-14-11)12(2,3)4;1-9-5-15-16(8-9)11-7-13-10(6-14-11)12(2,3)4;1-9-13-5-6-16(9)11-8-14-10(7-15-11)12(2,3)4;1-9-5-6-16(15-9)11-8-13-10(7-14-11)12(2,3)4;1-12(2,3)10-8-14-11(9-13-10)15-6-4-5-7-15;1-11(2,3)9-6-14-10(7-13-9)15-5-4-12-8-15;1-11(2,3)9-7-13-10(8-12-9)15-6-4-5-14-15/h4*5-8H,1-4H3;4-9H,1-3H3;2*4-8H,1-3H3. The summed E-state index contributed by atoms with van der Waals surface area (Å²) in [5.41, 5.74) is 10.3. The van der Waals surface area contributed by atoms with Crippen molar-refractivity contribution in [3.8, 4) is 40.7 Å². The Labute approximate surface area is 641 Å². The first-order valence-corrected chi connectivity index (χ1v) is 36.0. The first-order valence-electron chi connectivity index (χ1n) is 36.0. The molecule has 0 saturated carbocycles. The van der Waals surface area contributed by atoms with Crippen molar-refractivity contribution in [2.45, 2.75) is 211 Å². The zero-order valence-corrected chi connectivity index (χ0v) is 68.0. The zero-order valence-electron chi connectivity index (χ0n) is 68.0. The van der Waals surface area contributed by atoms with Gasteiger partial charge in [0.05, 0.1) is 144 Å². The fourth-order valence-corrected chi connectivity index (χ4v) is 9.37. The highest BCUT2D eigenvalue weighted by atomic mass is 15.3. The molecule has 14 heterocycles. The first kappa shape index (κ1) is 82.7. The van der Waals surface area contributed by atoms with Crippen molar-refractivity contribution in [2.24, 2.45) is 0 Å². The second kappa shape index (κ2) is 35.2. The number of nitrogens with zero attached hydrogens (tertiary/aromatic N) is 27. The van der Waals surface area contributed by atoms with Crippen LogP contribution in [-0.2, 0) is 37.9 Å². The molecule has 14 aromatic heterocycles. The molecule has 0 atom stereocenters. The molecule has 0 saturated heterocycles. The summed E-state index contributed by atoms with van der Waals surface area (Å²) in [7, 11) is 0. The topological polar surface area (TPSA) is 292 Å². The number of imidazole rings is 3. The van der Waals surface area contributed by atoms with Crippen molar-refractivity contribution in [3.05, 3.63) is 261 Å². The van der Waals surface area contributed by atoms with E-state index in [4.69, 9.17) is 0 Å². The van der Waals surface area contributed by atoms with Crippen LogP contribution >= 0.6 is 0 Å². The largest absolute Gasteiger partial charge is 0.307 e. The van der Waals surface area contributed by atoms with Gasteiger partial charge in [0, 0.05) is 106 Å². The van der Waals surface area contributed by atoms with Gasteiger partial charge in [-0.15, -0.1) is 0 Å². The summed E-state index contributed by atoms with van der Waals surface area (Å²) < 4.78 is 12.7. The van der Waals surface area contributed by atoms with Crippen LogP contribution in [0, 0.1) is 27.7 Å². The van der Waals surface area contributed by atoms with E-state index in [9.17, 15) is 0 Å². The van der Waals surface area contributed by atoms with Crippen LogP contribution in [0.1, 0.15) is 208 Å². The lowest BCUT2D eigenvalue weighted by molar-refractivity contribution is 0.564. The molecule has 0 amide bonds. The van der Waals surface area contributed by atoms with Crippen LogP contribution in [0.15, 0.2) is 198 Å². The van der Waals surface area contributed by atoms with Gasteiger partial charge < -0.3 is 4.57 Å². The summed E-state index contributed by atoms with van der Waals surface area (Å²) in [4.78, 5) is 73.8. The van der Waals surface area contributed by atoms with Crippen molar-refractivity contribution in [2.75, 3.05) is 0 Å². The summed E-state index contributed by atoms with van der Waals surface area (Å²) in [5.74, 6) is 6.41. The minimum Gasteiger partial charge on any atom is -0.307 e. The molecule has 0 N–H and O–H groups in total. The Hall–Kier alpha value is -11.9. The summed E-state index contributed by atoms with van der Waals surface area (Å²) in [6, 6.07) is 7.75. The third kappa shape index (κ3) is 24.6. The Morgan fingerprint density at radius 2 is 0.642 bits per heavy atom. The lowest BCUT2D eigenvalue weighted by Gasteiger charge is -2.17. The van der Waals surface area contributed by atoms with E-state index in [0.29, 0.717) is 0 Å². The zero-order chi connectivity index (χ0) is 79.7. The minimum absolute atomic E-state index is 0.0333. The second-order valence-corrected chi connectivity index (χ2v) is 33.2. The quantitative estimate of drug-likeness (QED) is 0.143. The maximum atomic E-state index is 4.44. The van der Waals surface area contributed by atoms with Crippen LogP contribution in [-0.4, -0.2) is 132 Å². The van der Waals surface area contributed by atoms with E-state index < -0.39 is 0 Å². The SMILES string of the molecule is CC(C)(C)c1cnc(-n2cccc2)cn1.CC(C)(C)c1cnc(-n2cccn2)cn1.CC(C)(C)c1cnc(-n2ccnc2)cn1.Cc1ccn(-c2cnc(C(C)(C)C)cn2)n1.Cc1cn(-c2cnc(C(C)(C)C)cn2)cn1.Cc1cnn(-c2cnc(C(C)(C)C)cn2)c1.Cc1nccn1-c1cnc(C(C)(C)C)cn1. The van der Waals surface area contributed by atoms with Crippen molar-refractivity contribution < 1.29 is 0 Å². The van der Waals surface area contributed by atoms with Crippen molar-refractivity contribution in [1.29, 1.82) is 0 Å². The first-order chi connectivity index (χ1) is 51.1.